The molecule has 0 aromatic heterocycles. The molecule has 2 aromatic carbocycles. The standard InChI is InChI=1S/C15H17NO/c1-12(11-16)14-9-5-6-10-15(14)17-13-7-3-2-4-8-13/h2-10,12H,11,16H2,1H3. The minimum Gasteiger partial charge on any atom is -0.457 e. The summed E-state index contributed by atoms with van der Waals surface area (Å²) in [5.41, 5.74) is 6.86. The van der Waals surface area contributed by atoms with Crippen LogP contribution in [0.3, 0.4) is 0 Å². The van der Waals surface area contributed by atoms with E-state index >= 15 is 0 Å². The van der Waals surface area contributed by atoms with Gasteiger partial charge < -0.3 is 10.5 Å². The fourth-order valence-corrected chi connectivity index (χ4v) is 1.72. The zero-order chi connectivity index (χ0) is 12.1. The molecule has 88 valence electrons. The molecule has 0 radical (unpaired) electrons. The summed E-state index contributed by atoms with van der Waals surface area (Å²) in [5, 5.41) is 0. The van der Waals surface area contributed by atoms with E-state index in [9.17, 15) is 0 Å². The van der Waals surface area contributed by atoms with Crippen molar-refractivity contribution in [1.82, 2.24) is 0 Å². The van der Waals surface area contributed by atoms with E-state index in [1.807, 2.05) is 48.5 Å². The Labute approximate surface area is 102 Å². The first-order valence-corrected chi connectivity index (χ1v) is 5.83. The molecule has 0 fully saturated rings. The van der Waals surface area contributed by atoms with Gasteiger partial charge in [0.2, 0.25) is 0 Å². The lowest BCUT2D eigenvalue weighted by molar-refractivity contribution is 0.471. The molecule has 0 saturated heterocycles. The van der Waals surface area contributed by atoms with Gasteiger partial charge in [0.25, 0.3) is 0 Å². The highest BCUT2D eigenvalue weighted by Gasteiger charge is 2.09. The molecule has 1 atom stereocenters. The second kappa shape index (κ2) is 5.51. The van der Waals surface area contributed by atoms with Gasteiger partial charge >= 0.3 is 0 Å². The smallest absolute Gasteiger partial charge is 0.130 e. The highest BCUT2D eigenvalue weighted by atomic mass is 16.5. The lowest BCUT2D eigenvalue weighted by Crippen LogP contribution is -2.09. The van der Waals surface area contributed by atoms with Gasteiger partial charge in [-0.2, -0.15) is 0 Å². The molecule has 2 N–H and O–H groups in total. The molecule has 2 nitrogen and oxygen atoms in total. The molecular formula is C15H17NO. The Morgan fingerprint density at radius 1 is 1.00 bits per heavy atom. The van der Waals surface area contributed by atoms with Crippen LogP contribution in [0.25, 0.3) is 0 Å². The summed E-state index contributed by atoms with van der Waals surface area (Å²) in [4.78, 5) is 0. The number of benzene rings is 2. The molecule has 0 saturated carbocycles. The number of para-hydroxylation sites is 2. The van der Waals surface area contributed by atoms with E-state index in [0.29, 0.717) is 12.5 Å². The largest absolute Gasteiger partial charge is 0.457 e. The zero-order valence-electron chi connectivity index (χ0n) is 9.97. The van der Waals surface area contributed by atoms with Crippen LogP contribution < -0.4 is 10.5 Å². The van der Waals surface area contributed by atoms with Gasteiger partial charge in [0.05, 0.1) is 0 Å². The number of hydrogen-bond acceptors (Lipinski definition) is 2. The molecule has 2 heteroatoms. The van der Waals surface area contributed by atoms with Gasteiger partial charge in [-0.3, -0.25) is 0 Å². The van der Waals surface area contributed by atoms with Gasteiger partial charge in [0.1, 0.15) is 11.5 Å². The predicted molar refractivity (Wildman–Crippen MR) is 70.4 cm³/mol. The van der Waals surface area contributed by atoms with E-state index in [4.69, 9.17) is 10.5 Å². The van der Waals surface area contributed by atoms with Crippen LogP contribution in [0.4, 0.5) is 0 Å². The highest BCUT2D eigenvalue weighted by Crippen LogP contribution is 2.29. The Morgan fingerprint density at radius 3 is 2.35 bits per heavy atom. The topological polar surface area (TPSA) is 35.2 Å². The second-order valence-corrected chi connectivity index (χ2v) is 4.09. The molecule has 0 aliphatic rings. The molecule has 1 unspecified atom stereocenters. The molecule has 2 rings (SSSR count). The van der Waals surface area contributed by atoms with Crippen molar-refractivity contribution in [2.75, 3.05) is 6.54 Å². The van der Waals surface area contributed by atoms with E-state index in [-0.39, 0.29) is 0 Å². The number of hydrogen-bond donors (Lipinski definition) is 1. The summed E-state index contributed by atoms with van der Waals surface area (Å²) in [6.45, 7) is 2.72. The summed E-state index contributed by atoms with van der Waals surface area (Å²) >= 11 is 0. The Hall–Kier alpha value is -1.80. The normalized spacial score (nSPS) is 12.1. The van der Waals surface area contributed by atoms with Crippen molar-refractivity contribution >= 4 is 0 Å². The molecule has 17 heavy (non-hydrogen) atoms. The molecular weight excluding hydrogens is 210 g/mol. The van der Waals surface area contributed by atoms with Crippen molar-refractivity contribution in [3.05, 3.63) is 60.2 Å². The summed E-state index contributed by atoms with van der Waals surface area (Å²) < 4.78 is 5.88. The third-order valence-electron chi connectivity index (χ3n) is 2.77. The van der Waals surface area contributed by atoms with Crippen molar-refractivity contribution in [2.45, 2.75) is 12.8 Å². The van der Waals surface area contributed by atoms with E-state index in [0.717, 1.165) is 17.1 Å². The third-order valence-corrected chi connectivity index (χ3v) is 2.77. The SMILES string of the molecule is CC(CN)c1ccccc1Oc1ccccc1. The maximum Gasteiger partial charge on any atom is 0.130 e. The molecule has 0 amide bonds. The maximum atomic E-state index is 5.88. The van der Waals surface area contributed by atoms with Gasteiger partial charge in [0, 0.05) is 0 Å². The Bertz CT molecular complexity index is 467. The third kappa shape index (κ3) is 2.86. The average molecular weight is 227 g/mol. The first-order chi connectivity index (χ1) is 8.31. The second-order valence-electron chi connectivity index (χ2n) is 4.09. The Morgan fingerprint density at radius 2 is 1.65 bits per heavy atom. The van der Waals surface area contributed by atoms with Crippen molar-refractivity contribution < 1.29 is 4.74 Å². The molecule has 0 aliphatic heterocycles. The van der Waals surface area contributed by atoms with Crippen LogP contribution in [-0.4, -0.2) is 6.54 Å². The number of ether oxygens (including phenoxy) is 1. The summed E-state index contributed by atoms with van der Waals surface area (Å²) in [7, 11) is 0. The molecule has 0 bridgehead atoms. The molecule has 0 spiro atoms. The molecule has 0 aliphatic carbocycles. The highest BCUT2D eigenvalue weighted by molar-refractivity contribution is 5.39. The van der Waals surface area contributed by atoms with Crippen LogP contribution in [0, 0.1) is 0 Å². The summed E-state index contributed by atoms with van der Waals surface area (Å²) in [5.74, 6) is 2.04. The lowest BCUT2D eigenvalue weighted by atomic mass is 10.0. The van der Waals surface area contributed by atoms with Crippen LogP contribution in [0.1, 0.15) is 18.4 Å². The summed E-state index contributed by atoms with van der Waals surface area (Å²) in [6.07, 6.45) is 0. The fraction of sp³-hybridized carbons (Fsp3) is 0.200. The van der Waals surface area contributed by atoms with Gasteiger partial charge in [-0.1, -0.05) is 43.3 Å². The van der Waals surface area contributed by atoms with Gasteiger partial charge in [0.15, 0.2) is 0 Å². The quantitative estimate of drug-likeness (QED) is 0.867. The van der Waals surface area contributed by atoms with Crippen molar-refractivity contribution in [2.24, 2.45) is 5.73 Å². The Balaban J connectivity index is 2.27. The van der Waals surface area contributed by atoms with Crippen LogP contribution in [0.5, 0.6) is 11.5 Å². The van der Waals surface area contributed by atoms with Crippen molar-refractivity contribution in [3.63, 3.8) is 0 Å². The van der Waals surface area contributed by atoms with E-state index in [1.165, 1.54) is 0 Å². The number of rotatable bonds is 4. The fourth-order valence-electron chi connectivity index (χ4n) is 1.72. The van der Waals surface area contributed by atoms with Crippen molar-refractivity contribution in [1.29, 1.82) is 0 Å². The van der Waals surface area contributed by atoms with Crippen molar-refractivity contribution in [3.8, 4) is 11.5 Å². The van der Waals surface area contributed by atoms with Crippen LogP contribution in [-0.2, 0) is 0 Å². The van der Waals surface area contributed by atoms with Gasteiger partial charge in [-0.15, -0.1) is 0 Å². The first kappa shape index (κ1) is 11.7. The minimum atomic E-state index is 0.301. The van der Waals surface area contributed by atoms with Crippen LogP contribution in [0.15, 0.2) is 54.6 Å². The zero-order valence-corrected chi connectivity index (χ0v) is 9.97. The predicted octanol–water partition coefficient (Wildman–Crippen LogP) is 3.54. The van der Waals surface area contributed by atoms with E-state index in [1.54, 1.807) is 0 Å². The summed E-state index contributed by atoms with van der Waals surface area (Å²) in [6, 6.07) is 17.8. The first-order valence-electron chi connectivity index (χ1n) is 5.83. The maximum absolute atomic E-state index is 5.88. The Kier molecular flexibility index (Phi) is 3.78. The van der Waals surface area contributed by atoms with E-state index < -0.39 is 0 Å². The molecule has 0 heterocycles. The average Bonchev–Trinajstić information content (AvgIpc) is 2.40. The van der Waals surface area contributed by atoms with Gasteiger partial charge in [-0.05, 0) is 36.2 Å². The monoisotopic (exact) mass is 227 g/mol. The minimum absolute atomic E-state index is 0.301. The molecule has 2 aromatic rings. The number of nitrogens with two attached hydrogens (primary N) is 1. The van der Waals surface area contributed by atoms with Gasteiger partial charge in [-0.25, -0.2) is 0 Å². The lowest BCUT2D eigenvalue weighted by Gasteiger charge is -2.15. The van der Waals surface area contributed by atoms with E-state index in [2.05, 4.69) is 13.0 Å². The van der Waals surface area contributed by atoms with Crippen LogP contribution >= 0.6 is 0 Å². The van der Waals surface area contributed by atoms with Crippen LogP contribution in [0.2, 0.25) is 0 Å².